The van der Waals surface area contributed by atoms with Crippen molar-refractivity contribution in [3.05, 3.63) is 34.2 Å². The highest BCUT2D eigenvalue weighted by molar-refractivity contribution is 5.92. The summed E-state index contributed by atoms with van der Waals surface area (Å²) >= 11 is 0. The molecule has 1 amide bonds. The average molecular weight is 252 g/mol. The van der Waals surface area contributed by atoms with Gasteiger partial charge in [0.1, 0.15) is 11.5 Å². The SMILES string of the molecule is N/C(CCCCNC(=O)c1cccc(=O)[nH]1)=N/O. The molecule has 0 spiro atoms. The topological polar surface area (TPSA) is 121 Å². The van der Waals surface area contributed by atoms with Crippen LogP contribution >= 0.6 is 0 Å². The molecule has 98 valence electrons. The van der Waals surface area contributed by atoms with Gasteiger partial charge in [-0.2, -0.15) is 0 Å². The Balaban J connectivity index is 2.28. The molecule has 0 aliphatic heterocycles. The van der Waals surface area contributed by atoms with Crippen LogP contribution in [0.1, 0.15) is 29.8 Å². The Morgan fingerprint density at radius 1 is 1.44 bits per heavy atom. The minimum absolute atomic E-state index is 0.175. The molecule has 7 nitrogen and oxygen atoms in total. The molecule has 0 saturated carbocycles. The van der Waals surface area contributed by atoms with Gasteiger partial charge in [0.05, 0.1) is 0 Å². The molecular weight excluding hydrogens is 236 g/mol. The second kappa shape index (κ2) is 7.10. The Morgan fingerprint density at radius 3 is 2.89 bits per heavy atom. The molecule has 1 aromatic heterocycles. The molecule has 0 atom stereocenters. The summed E-state index contributed by atoms with van der Waals surface area (Å²) < 4.78 is 0. The number of H-pyrrole nitrogens is 1. The van der Waals surface area contributed by atoms with Crippen molar-refractivity contribution in [2.24, 2.45) is 10.9 Å². The molecule has 0 aromatic carbocycles. The van der Waals surface area contributed by atoms with E-state index in [4.69, 9.17) is 10.9 Å². The second-order valence-electron chi connectivity index (χ2n) is 3.73. The molecule has 18 heavy (non-hydrogen) atoms. The summed E-state index contributed by atoms with van der Waals surface area (Å²) in [5.41, 5.74) is 5.22. The number of aromatic nitrogens is 1. The van der Waals surface area contributed by atoms with Crippen LogP contribution in [-0.4, -0.2) is 28.5 Å². The van der Waals surface area contributed by atoms with Gasteiger partial charge in [0.25, 0.3) is 5.91 Å². The monoisotopic (exact) mass is 252 g/mol. The highest BCUT2D eigenvalue weighted by Gasteiger charge is 2.04. The highest BCUT2D eigenvalue weighted by atomic mass is 16.4. The minimum atomic E-state index is -0.323. The van der Waals surface area contributed by atoms with Gasteiger partial charge in [0.15, 0.2) is 0 Å². The number of amides is 1. The molecule has 0 unspecified atom stereocenters. The van der Waals surface area contributed by atoms with Crippen molar-refractivity contribution in [3.63, 3.8) is 0 Å². The van der Waals surface area contributed by atoms with Crippen LogP contribution in [0.25, 0.3) is 0 Å². The molecular formula is C11H16N4O3. The van der Waals surface area contributed by atoms with E-state index in [0.717, 1.165) is 0 Å². The summed E-state index contributed by atoms with van der Waals surface area (Å²) in [6.45, 7) is 0.467. The molecule has 1 heterocycles. The van der Waals surface area contributed by atoms with E-state index in [9.17, 15) is 9.59 Å². The summed E-state index contributed by atoms with van der Waals surface area (Å²) in [6, 6.07) is 4.40. The molecule has 1 rings (SSSR count). The maximum atomic E-state index is 11.6. The van der Waals surface area contributed by atoms with Crippen LogP contribution in [0, 0.1) is 0 Å². The Morgan fingerprint density at radius 2 is 2.22 bits per heavy atom. The Bertz CT molecular complexity index is 481. The van der Waals surface area contributed by atoms with Gasteiger partial charge in [-0.1, -0.05) is 11.2 Å². The number of pyridine rings is 1. The van der Waals surface area contributed by atoms with Gasteiger partial charge in [0.2, 0.25) is 5.56 Å². The first kappa shape index (κ1) is 13.8. The maximum Gasteiger partial charge on any atom is 0.267 e. The Labute approximate surface area is 104 Å². The minimum Gasteiger partial charge on any atom is -0.409 e. The van der Waals surface area contributed by atoms with Crippen LogP contribution < -0.4 is 16.6 Å². The molecule has 0 aliphatic rings. The first-order chi connectivity index (χ1) is 8.63. The summed E-state index contributed by atoms with van der Waals surface area (Å²) in [6.07, 6.45) is 1.90. The van der Waals surface area contributed by atoms with Gasteiger partial charge >= 0.3 is 0 Å². The second-order valence-corrected chi connectivity index (χ2v) is 3.73. The van der Waals surface area contributed by atoms with Crippen LogP contribution in [0.3, 0.4) is 0 Å². The van der Waals surface area contributed by atoms with Crippen LogP contribution in [-0.2, 0) is 0 Å². The predicted molar refractivity (Wildman–Crippen MR) is 66.7 cm³/mol. The number of carbonyl (C=O) groups excluding carboxylic acids is 1. The predicted octanol–water partition coefficient (Wildman–Crippen LogP) is 0.0214. The summed E-state index contributed by atoms with van der Waals surface area (Å²) in [4.78, 5) is 25.0. The number of oxime groups is 1. The normalized spacial score (nSPS) is 11.2. The number of unbranched alkanes of at least 4 members (excludes halogenated alkanes) is 1. The smallest absolute Gasteiger partial charge is 0.267 e. The first-order valence-corrected chi connectivity index (χ1v) is 5.57. The third-order valence-electron chi connectivity index (χ3n) is 2.29. The van der Waals surface area contributed by atoms with Gasteiger partial charge in [-0.15, -0.1) is 0 Å². The number of hydrogen-bond donors (Lipinski definition) is 4. The van der Waals surface area contributed by atoms with Crippen molar-refractivity contribution >= 4 is 11.7 Å². The van der Waals surface area contributed by atoms with Crippen molar-refractivity contribution in [3.8, 4) is 0 Å². The molecule has 5 N–H and O–H groups in total. The third kappa shape index (κ3) is 4.69. The van der Waals surface area contributed by atoms with Gasteiger partial charge in [-0.25, -0.2) is 0 Å². The lowest BCUT2D eigenvalue weighted by Crippen LogP contribution is -2.27. The number of nitrogens with one attached hydrogen (secondary N) is 2. The summed E-state index contributed by atoms with van der Waals surface area (Å²) in [5.74, 6) is -0.148. The van der Waals surface area contributed by atoms with E-state index >= 15 is 0 Å². The van der Waals surface area contributed by atoms with E-state index in [0.29, 0.717) is 25.8 Å². The van der Waals surface area contributed by atoms with Gasteiger partial charge in [0, 0.05) is 19.0 Å². The quantitative estimate of drug-likeness (QED) is 0.187. The zero-order valence-corrected chi connectivity index (χ0v) is 9.85. The van der Waals surface area contributed by atoms with Crippen LogP contribution in [0.15, 0.2) is 28.1 Å². The van der Waals surface area contributed by atoms with E-state index in [2.05, 4.69) is 15.5 Å². The van der Waals surface area contributed by atoms with Gasteiger partial charge < -0.3 is 21.2 Å². The molecule has 0 bridgehead atoms. The van der Waals surface area contributed by atoms with Gasteiger partial charge in [-0.3, -0.25) is 9.59 Å². The first-order valence-electron chi connectivity index (χ1n) is 5.57. The van der Waals surface area contributed by atoms with Crippen LogP contribution in [0.5, 0.6) is 0 Å². The molecule has 0 radical (unpaired) electrons. The summed E-state index contributed by atoms with van der Waals surface area (Å²) in [5, 5.41) is 13.8. The van der Waals surface area contributed by atoms with Gasteiger partial charge in [-0.05, 0) is 18.9 Å². The van der Waals surface area contributed by atoms with Crippen molar-refractivity contribution < 1.29 is 10.0 Å². The number of nitrogens with two attached hydrogens (primary N) is 1. The molecule has 1 aromatic rings. The number of aromatic amines is 1. The lowest BCUT2D eigenvalue weighted by molar-refractivity contribution is 0.0948. The summed E-state index contributed by atoms with van der Waals surface area (Å²) in [7, 11) is 0. The molecule has 7 heteroatoms. The molecule has 0 fully saturated rings. The van der Waals surface area contributed by atoms with Crippen molar-refractivity contribution in [2.45, 2.75) is 19.3 Å². The number of rotatable bonds is 6. The lowest BCUT2D eigenvalue weighted by Gasteiger charge is -2.04. The number of hydrogen-bond acceptors (Lipinski definition) is 4. The number of nitrogens with zero attached hydrogens (tertiary/aromatic N) is 1. The standard InChI is InChI=1S/C11H16N4O3/c12-9(15-18)5-1-2-7-13-11(17)8-4-3-6-10(16)14-8/h3-4,6,18H,1-2,5,7H2,(H2,12,15)(H,13,17)(H,14,16). The zero-order chi connectivity index (χ0) is 13.4. The number of carbonyl (C=O) groups is 1. The lowest BCUT2D eigenvalue weighted by atomic mass is 10.2. The average Bonchev–Trinajstić information content (AvgIpc) is 2.37. The van der Waals surface area contributed by atoms with E-state index in [1.807, 2.05) is 0 Å². The molecule has 0 aliphatic carbocycles. The van der Waals surface area contributed by atoms with Crippen molar-refractivity contribution in [1.82, 2.24) is 10.3 Å². The Kier molecular flexibility index (Phi) is 5.43. The maximum absolute atomic E-state index is 11.6. The van der Waals surface area contributed by atoms with E-state index in [1.165, 1.54) is 18.2 Å². The van der Waals surface area contributed by atoms with E-state index in [1.54, 1.807) is 0 Å². The highest BCUT2D eigenvalue weighted by Crippen LogP contribution is 1.95. The van der Waals surface area contributed by atoms with Crippen LogP contribution in [0.2, 0.25) is 0 Å². The number of amidine groups is 1. The fourth-order valence-electron chi connectivity index (χ4n) is 1.36. The fourth-order valence-corrected chi connectivity index (χ4v) is 1.36. The largest absolute Gasteiger partial charge is 0.409 e. The fraction of sp³-hybridized carbons (Fsp3) is 0.364. The zero-order valence-electron chi connectivity index (χ0n) is 9.85. The van der Waals surface area contributed by atoms with E-state index in [-0.39, 0.29) is 23.0 Å². The molecule has 0 saturated heterocycles. The third-order valence-corrected chi connectivity index (χ3v) is 2.29. The Hall–Kier alpha value is -2.31. The van der Waals surface area contributed by atoms with E-state index < -0.39 is 0 Å². The van der Waals surface area contributed by atoms with Crippen molar-refractivity contribution in [1.29, 1.82) is 0 Å². The van der Waals surface area contributed by atoms with Crippen molar-refractivity contribution in [2.75, 3.05) is 6.54 Å². The van der Waals surface area contributed by atoms with Crippen LogP contribution in [0.4, 0.5) is 0 Å².